The Labute approximate surface area is 149 Å². The van der Waals surface area contributed by atoms with Crippen LogP contribution < -0.4 is 5.56 Å². The number of nitrogens with zero attached hydrogens (tertiary/aromatic N) is 3. The van der Waals surface area contributed by atoms with E-state index in [9.17, 15) is 13.6 Å². The van der Waals surface area contributed by atoms with Crippen LogP contribution in [0.1, 0.15) is 24.2 Å². The summed E-state index contributed by atoms with van der Waals surface area (Å²) in [4.78, 5) is 19.2. The normalized spacial score (nSPS) is 14.3. The molecule has 0 saturated heterocycles. The predicted octanol–water partition coefficient (Wildman–Crippen LogP) is 3.38. The van der Waals surface area contributed by atoms with E-state index in [0.29, 0.717) is 23.3 Å². The largest absolute Gasteiger partial charge is 0.298 e. The Balaban J connectivity index is 1.69. The highest BCUT2D eigenvalue weighted by Gasteiger charge is 2.31. The monoisotopic (exact) mass is 355 g/mol. The minimum absolute atomic E-state index is 0.0604. The second-order valence-electron chi connectivity index (χ2n) is 6.75. The van der Waals surface area contributed by atoms with Gasteiger partial charge in [0.1, 0.15) is 17.5 Å². The molecule has 1 aromatic heterocycles. The maximum atomic E-state index is 14.0. The van der Waals surface area contributed by atoms with Gasteiger partial charge in [-0.3, -0.25) is 14.3 Å². The van der Waals surface area contributed by atoms with Gasteiger partial charge >= 0.3 is 0 Å². The molecule has 0 bridgehead atoms. The van der Waals surface area contributed by atoms with Crippen LogP contribution in [0.25, 0.3) is 10.9 Å². The first-order chi connectivity index (χ1) is 12.5. The summed E-state index contributed by atoms with van der Waals surface area (Å²) >= 11 is 0. The van der Waals surface area contributed by atoms with E-state index < -0.39 is 11.6 Å². The summed E-state index contributed by atoms with van der Waals surface area (Å²) in [5, 5.41) is 0.567. The van der Waals surface area contributed by atoms with Crippen molar-refractivity contribution in [3.63, 3.8) is 0 Å². The van der Waals surface area contributed by atoms with Crippen LogP contribution in [0, 0.1) is 11.6 Å². The van der Waals surface area contributed by atoms with E-state index in [4.69, 9.17) is 0 Å². The fraction of sp³-hybridized carbons (Fsp3) is 0.300. The summed E-state index contributed by atoms with van der Waals surface area (Å²) in [5.41, 5.74) is 0.585. The highest BCUT2D eigenvalue weighted by molar-refractivity contribution is 5.77. The predicted molar refractivity (Wildman–Crippen MR) is 95.6 cm³/mol. The van der Waals surface area contributed by atoms with Gasteiger partial charge < -0.3 is 0 Å². The lowest BCUT2D eigenvalue weighted by Gasteiger charge is -2.23. The van der Waals surface area contributed by atoms with Crippen molar-refractivity contribution in [2.45, 2.75) is 32.0 Å². The van der Waals surface area contributed by atoms with Crippen LogP contribution in [0.5, 0.6) is 0 Å². The molecular weight excluding hydrogens is 336 g/mol. The third-order valence-electron chi connectivity index (χ3n) is 4.91. The van der Waals surface area contributed by atoms with E-state index in [1.807, 2.05) is 17.0 Å². The fourth-order valence-electron chi connectivity index (χ4n) is 3.23. The molecule has 6 heteroatoms. The molecule has 0 aliphatic heterocycles. The number of hydrogen-bond acceptors (Lipinski definition) is 3. The van der Waals surface area contributed by atoms with Crippen molar-refractivity contribution in [3.8, 4) is 0 Å². The molecule has 0 unspecified atom stereocenters. The van der Waals surface area contributed by atoms with E-state index in [0.717, 1.165) is 12.8 Å². The molecule has 3 aromatic rings. The van der Waals surface area contributed by atoms with Crippen molar-refractivity contribution in [2.24, 2.45) is 7.05 Å². The summed E-state index contributed by atoms with van der Waals surface area (Å²) in [6, 6.07) is 11.4. The highest BCUT2D eigenvalue weighted by Crippen LogP contribution is 2.30. The van der Waals surface area contributed by atoms with Gasteiger partial charge in [-0.1, -0.05) is 18.2 Å². The molecule has 1 fully saturated rings. The molecule has 2 aromatic carbocycles. The summed E-state index contributed by atoms with van der Waals surface area (Å²) < 4.78 is 29.6. The lowest BCUT2D eigenvalue weighted by Crippen LogP contribution is -2.31. The van der Waals surface area contributed by atoms with Crippen molar-refractivity contribution in [3.05, 3.63) is 75.8 Å². The van der Waals surface area contributed by atoms with E-state index in [1.54, 1.807) is 19.2 Å². The zero-order valence-electron chi connectivity index (χ0n) is 14.5. The fourth-order valence-corrected chi connectivity index (χ4v) is 3.23. The highest BCUT2D eigenvalue weighted by atomic mass is 19.1. The van der Waals surface area contributed by atoms with Crippen molar-refractivity contribution in [1.82, 2.24) is 14.5 Å². The number of halogens is 2. The molecule has 4 nitrogen and oxygen atoms in total. The Morgan fingerprint density at radius 2 is 1.77 bits per heavy atom. The molecule has 0 amide bonds. The number of aromatic nitrogens is 2. The van der Waals surface area contributed by atoms with Crippen LogP contribution in [0.15, 0.2) is 47.3 Å². The molecule has 1 saturated carbocycles. The number of fused-ring (bicyclic) bond motifs is 1. The van der Waals surface area contributed by atoms with Gasteiger partial charge in [0.2, 0.25) is 0 Å². The molecule has 1 aliphatic rings. The van der Waals surface area contributed by atoms with Crippen LogP contribution in [0.2, 0.25) is 0 Å². The smallest absolute Gasteiger partial charge is 0.261 e. The first kappa shape index (κ1) is 16.8. The van der Waals surface area contributed by atoms with Gasteiger partial charge in [-0.2, -0.15) is 0 Å². The molecular formula is C20H19F2N3O. The molecule has 0 N–H and O–H groups in total. The maximum absolute atomic E-state index is 14.0. The van der Waals surface area contributed by atoms with Gasteiger partial charge in [0.05, 0.1) is 17.4 Å². The Hall–Kier alpha value is -2.60. The molecule has 1 aliphatic carbocycles. The lowest BCUT2D eigenvalue weighted by atomic mass is 10.1. The number of hydrogen-bond donors (Lipinski definition) is 0. The number of para-hydroxylation sites is 1. The SMILES string of the molecule is Cn1c(CN(Cc2c(F)cccc2F)C2CC2)nc2ccccc2c1=O. The van der Waals surface area contributed by atoms with Crippen LogP contribution in [0.4, 0.5) is 8.78 Å². The van der Waals surface area contributed by atoms with Gasteiger partial charge in [-0.25, -0.2) is 13.8 Å². The van der Waals surface area contributed by atoms with Crippen molar-refractivity contribution in [1.29, 1.82) is 0 Å². The van der Waals surface area contributed by atoms with Gasteiger partial charge in [-0.05, 0) is 37.1 Å². The Kier molecular flexibility index (Phi) is 4.28. The molecule has 0 spiro atoms. The number of benzene rings is 2. The zero-order chi connectivity index (χ0) is 18.3. The minimum Gasteiger partial charge on any atom is -0.298 e. The molecule has 4 rings (SSSR count). The zero-order valence-corrected chi connectivity index (χ0v) is 14.5. The van der Waals surface area contributed by atoms with Gasteiger partial charge in [-0.15, -0.1) is 0 Å². The van der Waals surface area contributed by atoms with E-state index in [1.165, 1.54) is 22.8 Å². The van der Waals surface area contributed by atoms with Crippen LogP contribution in [0.3, 0.4) is 0 Å². The average Bonchev–Trinajstić information content (AvgIpc) is 3.46. The lowest BCUT2D eigenvalue weighted by molar-refractivity contribution is 0.229. The summed E-state index contributed by atoms with van der Waals surface area (Å²) in [7, 11) is 1.69. The number of rotatable bonds is 5. The van der Waals surface area contributed by atoms with E-state index >= 15 is 0 Å². The average molecular weight is 355 g/mol. The van der Waals surface area contributed by atoms with Crippen LogP contribution >= 0.6 is 0 Å². The van der Waals surface area contributed by atoms with Crippen LogP contribution in [-0.2, 0) is 20.1 Å². The quantitative estimate of drug-likeness (QED) is 0.704. The first-order valence-electron chi connectivity index (χ1n) is 8.66. The standard InChI is InChI=1S/C20H19F2N3O/c1-24-19(23-18-8-3-2-5-14(18)20(24)26)12-25(13-9-10-13)11-15-16(21)6-4-7-17(15)22/h2-8,13H,9-12H2,1H3. The second-order valence-corrected chi connectivity index (χ2v) is 6.75. The van der Waals surface area contributed by atoms with Gasteiger partial charge in [0.25, 0.3) is 5.56 Å². The van der Waals surface area contributed by atoms with Gasteiger partial charge in [0.15, 0.2) is 0 Å². The van der Waals surface area contributed by atoms with Crippen molar-refractivity contribution in [2.75, 3.05) is 0 Å². The molecule has 0 atom stereocenters. The van der Waals surface area contributed by atoms with E-state index in [-0.39, 0.29) is 23.7 Å². The molecule has 0 radical (unpaired) electrons. The van der Waals surface area contributed by atoms with Crippen LogP contribution in [-0.4, -0.2) is 20.5 Å². The van der Waals surface area contributed by atoms with Gasteiger partial charge in [0, 0.05) is 25.2 Å². The Bertz CT molecular complexity index is 1010. The molecule has 1 heterocycles. The summed E-state index contributed by atoms with van der Waals surface area (Å²) in [5.74, 6) is -0.496. The summed E-state index contributed by atoms with van der Waals surface area (Å²) in [6.07, 6.45) is 1.97. The first-order valence-corrected chi connectivity index (χ1v) is 8.66. The topological polar surface area (TPSA) is 38.1 Å². The Morgan fingerprint density at radius 3 is 2.46 bits per heavy atom. The molecule has 26 heavy (non-hydrogen) atoms. The summed E-state index contributed by atoms with van der Waals surface area (Å²) in [6.45, 7) is 0.529. The third-order valence-corrected chi connectivity index (χ3v) is 4.91. The van der Waals surface area contributed by atoms with Crippen molar-refractivity contribution < 1.29 is 8.78 Å². The third kappa shape index (κ3) is 3.12. The Morgan fingerprint density at radius 1 is 1.08 bits per heavy atom. The van der Waals surface area contributed by atoms with E-state index in [2.05, 4.69) is 4.98 Å². The minimum atomic E-state index is -0.545. The maximum Gasteiger partial charge on any atom is 0.261 e. The molecule has 134 valence electrons. The van der Waals surface area contributed by atoms with Crippen molar-refractivity contribution >= 4 is 10.9 Å². The second kappa shape index (κ2) is 6.61.